The van der Waals surface area contributed by atoms with E-state index in [0.29, 0.717) is 17.7 Å². The normalized spacial score (nSPS) is 9.90. The van der Waals surface area contributed by atoms with Gasteiger partial charge in [-0.25, -0.2) is 0 Å². The van der Waals surface area contributed by atoms with Crippen LogP contribution in [0.1, 0.15) is 29.3 Å². The number of nitrogens with zero attached hydrogens (tertiary/aromatic N) is 1. The minimum Gasteiger partial charge on any atom is -0.468 e. The maximum absolute atomic E-state index is 12.3. The highest BCUT2D eigenvalue weighted by Crippen LogP contribution is 2.09. The van der Waals surface area contributed by atoms with Crippen molar-refractivity contribution in [2.45, 2.75) is 13.3 Å². The Morgan fingerprint density at radius 2 is 1.80 bits per heavy atom. The van der Waals surface area contributed by atoms with Crippen molar-refractivity contribution in [2.75, 3.05) is 20.2 Å². The molecular formula is C14H18N2O3S. The molecule has 0 saturated carbocycles. The third kappa shape index (κ3) is 4.31. The van der Waals surface area contributed by atoms with Gasteiger partial charge in [0.1, 0.15) is 11.5 Å². The number of thiocarbonyl (C=S) groups is 1. The van der Waals surface area contributed by atoms with Crippen molar-refractivity contribution in [1.82, 2.24) is 4.90 Å². The summed E-state index contributed by atoms with van der Waals surface area (Å²) in [5, 5.41) is 0. The summed E-state index contributed by atoms with van der Waals surface area (Å²) in [6.45, 7) is 2.37. The third-order valence-electron chi connectivity index (χ3n) is 2.74. The van der Waals surface area contributed by atoms with E-state index < -0.39 is 5.97 Å². The molecule has 0 fully saturated rings. The van der Waals surface area contributed by atoms with Crippen LogP contribution in [0.2, 0.25) is 0 Å². The van der Waals surface area contributed by atoms with E-state index in [4.69, 9.17) is 18.0 Å². The molecule has 108 valence electrons. The summed E-state index contributed by atoms with van der Waals surface area (Å²) < 4.78 is 4.60. The lowest BCUT2D eigenvalue weighted by atomic mass is 10.1. The van der Waals surface area contributed by atoms with Crippen LogP contribution >= 0.6 is 12.2 Å². The SMILES string of the molecule is CCCN(CC(=O)OC)C(=O)c1ccc(C(N)=S)cc1. The average Bonchev–Trinajstić information content (AvgIpc) is 2.46. The number of esters is 1. The Hall–Kier alpha value is -1.95. The molecule has 0 radical (unpaired) electrons. The molecule has 0 unspecified atom stereocenters. The van der Waals surface area contributed by atoms with Crippen molar-refractivity contribution in [2.24, 2.45) is 5.73 Å². The zero-order valence-corrected chi connectivity index (χ0v) is 12.4. The molecule has 0 bridgehead atoms. The van der Waals surface area contributed by atoms with Crippen LogP contribution in [0.3, 0.4) is 0 Å². The fraction of sp³-hybridized carbons (Fsp3) is 0.357. The van der Waals surface area contributed by atoms with Crippen LogP contribution in [0, 0.1) is 0 Å². The van der Waals surface area contributed by atoms with E-state index in [1.807, 2.05) is 6.92 Å². The van der Waals surface area contributed by atoms with Gasteiger partial charge in [-0.05, 0) is 18.6 Å². The second-order valence-corrected chi connectivity index (χ2v) is 4.68. The first-order valence-corrected chi connectivity index (χ1v) is 6.66. The molecule has 5 nitrogen and oxygen atoms in total. The second-order valence-electron chi connectivity index (χ2n) is 4.24. The highest BCUT2D eigenvalue weighted by molar-refractivity contribution is 7.80. The van der Waals surface area contributed by atoms with Crippen molar-refractivity contribution < 1.29 is 14.3 Å². The summed E-state index contributed by atoms with van der Waals surface area (Å²) in [6.07, 6.45) is 0.758. The number of carbonyl (C=O) groups excluding carboxylic acids is 2. The minimum atomic E-state index is -0.438. The predicted molar refractivity (Wildman–Crippen MR) is 80.5 cm³/mol. The molecule has 1 aromatic rings. The molecule has 0 aliphatic heterocycles. The zero-order valence-electron chi connectivity index (χ0n) is 11.6. The van der Waals surface area contributed by atoms with Crippen LogP contribution < -0.4 is 5.73 Å². The standard InChI is InChI=1S/C14H18N2O3S/c1-3-8-16(9-12(17)19-2)14(18)11-6-4-10(5-7-11)13(15)20/h4-7H,3,8-9H2,1-2H3,(H2,15,20). The van der Waals surface area contributed by atoms with E-state index in [1.54, 1.807) is 24.3 Å². The van der Waals surface area contributed by atoms with Gasteiger partial charge in [0.25, 0.3) is 5.91 Å². The van der Waals surface area contributed by atoms with E-state index >= 15 is 0 Å². The van der Waals surface area contributed by atoms with Crippen LogP contribution in [0.15, 0.2) is 24.3 Å². The molecule has 0 saturated heterocycles. The Balaban J connectivity index is 2.88. The first-order valence-electron chi connectivity index (χ1n) is 6.25. The average molecular weight is 294 g/mol. The van der Waals surface area contributed by atoms with Crippen molar-refractivity contribution >= 4 is 29.1 Å². The molecule has 1 amide bonds. The molecule has 6 heteroatoms. The van der Waals surface area contributed by atoms with E-state index in [0.717, 1.165) is 6.42 Å². The van der Waals surface area contributed by atoms with Crippen LogP contribution in [-0.4, -0.2) is 42.0 Å². The number of rotatable bonds is 6. The number of methoxy groups -OCH3 is 1. The maximum Gasteiger partial charge on any atom is 0.325 e. The quantitative estimate of drug-likeness (QED) is 0.633. The van der Waals surface area contributed by atoms with Gasteiger partial charge in [-0.15, -0.1) is 0 Å². The monoisotopic (exact) mass is 294 g/mol. The fourth-order valence-electron chi connectivity index (χ4n) is 1.70. The molecule has 20 heavy (non-hydrogen) atoms. The molecule has 1 aromatic carbocycles. The number of carbonyl (C=O) groups is 2. The van der Waals surface area contributed by atoms with Gasteiger partial charge in [-0.2, -0.15) is 0 Å². The van der Waals surface area contributed by atoms with Crippen molar-refractivity contribution in [1.29, 1.82) is 0 Å². The summed E-state index contributed by atoms with van der Waals surface area (Å²) in [5.74, 6) is -0.654. The number of nitrogens with two attached hydrogens (primary N) is 1. The topological polar surface area (TPSA) is 72.6 Å². The lowest BCUT2D eigenvalue weighted by molar-refractivity contribution is -0.141. The number of ether oxygens (including phenoxy) is 1. The van der Waals surface area contributed by atoms with E-state index in [-0.39, 0.29) is 17.4 Å². The van der Waals surface area contributed by atoms with Crippen LogP contribution in [0.25, 0.3) is 0 Å². The van der Waals surface area contributed by atoms with E-state index in [9.17, 15) is 9.59 Å². The molecular weight excluding hydrogens is 276 g/mol. The fourth-order valence-corrected chi connectivity index (χ4v) is 1.84. The van der Waals surface area contributed by atoms with Gasteiger partial charge < -0.3 is 15.4 Å². The van der Waals surface area contributed by atoms with Crippen LogP contribution in [0.5, 0.6) is 0 Å². The van der Waals surface area contributed by atoms with Gasteiger partial charge in [0, 0.05) is 17.7 Å². The van der Waals surface area contributed by atoms with E-state index in [2.05, 4.69) is 4.74 Å². The lowest BCUT2D eigenvalue weighted by Gasteiger charge is -2.20. The summed E-state index contributed by atoms with van der Waals surface area (Å²) >= 11 is 4.86. The third-order valence-corrected chi connectivity index (χ3v) is 2.98. The maximum atomic E-state index is 12.3. The van der Waals surface area contributed by atoms with Crippen LogP contribution in [0.4, 0.5) is 0 Å². The Labute approximate surface area is 123 Å². The van der Waals surface area contributed by atoms with Crippen molar-refractivity contribution in [3.63, 3.8) is 0 Å². The summed E-state index contributed by atoms with van der Waals surface area (Å²) in [6, 6.07) is 6.68. The number of hydrogen-bond acceptors (Lipinski definition) is 4. The largest absolute Gasteiger partial charge is 0.468 e. The molecule has 0 aromatic heterocycles. The summed E-state index contributed by atoms with van der Waals surface area (Å²) in [5.41, 5.74) is 6.70. The van der Waals surface area contributed by atoms with E-state index in [1.165, 1.54) is 12.0 Å². The van der Waals surface area contributed by atoms with Gasteiger partial charge in [-0.3, -0.25) is 9.59 Å². The Kier molecular flexibility index (Phi) is 6.11. The molecule has 2 N–H and O–H groups in total. The van der Waals surface area contributed by atoms with Gasteiger partial charge in [0.2, 0.25) is 0 Å². The lowest BCUT2D eigenvalue weighted by Crippen LogP contribution is -2.36. The van der Waals surface area contributed by atoms with Crippen molar-refractivity contribution in [3.05, 3.63) is 35.4 Å². The molecule has 0 heterocycles. The predicted octanol–water partition coefficient (Wildman–Crippen LogP) is 1.35. The van der Waals surface area contributed by atoms with Gasteiger partial charge in [0.15, 0.2) is 0 Å². The molecule has 0 atom stereocenters. The highest BCUT2D eigenvalue weighted by Gasteiger charge is 2.18. The first-order chi connectivity index (χ1) is 9.49. The van der Waals surface area contributed by atoms with Crippen molar-refractivity contribution in [3.8, 4) is 0 Å². The molecule has 0 spiro atoms. The Bertz CT molecular complexity index is 500. The van der Waals surface area contributed by atoms with Gasteiger partial charge in [-0.1, -0.05) is 31.3 Å². The van der Waals surface area contributed by atoms with Gasteiger partial charge in [0.05, 0.1) is 7.11 Å². The Morgan fingerprint density at radius 1 is 1.25 bits per heavy atom. The minimum absolute atomic E-state index is 0.0553. The smallest absolute Gasteiger partial charge is 0.325 e. The second kappa shape index (κ2) is 7.59. The zero-order chi connectivity index (χ0) is 15.1. The summed E-state index contributed by atoms with van der Waals surface area (Å²) in [4.78, 5) is 25.4. The number of amides is 1. The number of benzene rings is 1. The highest BCUT2D eigenvalue weighted by atomic mass is 32.1. The summed E-state index contributed by atoms with van der Waals surface area (Å²) in [7, 11) is 1.30. The molecule has 0 aliphatic carbocycles. The van der Waals surface area contributed by atoms with Gasteiger partial charge >= 0.3 is 5.97 Å². The first kappa shape index (κ1) is 16.1. The van der Waals surface area contributed by atoms with Crippen LogP contribution in [-0.2, 0) is 9.53 Å². The molecule has 1 rings (SSSR count). The Morgan fingerprint density at radius 3 is 2.25 bits per heavy atom. The number of hydrogen-bond donors (Lipinski definition) is 1. The molecule has 0 aliphatic rings.